The maximum absolute atomic E-state index is 3.87. The zero-order valence-corrected chi connectivity index (χ0v) is 39.9. The number of hydrogen-bond donors (Lipinski definition) is 0. The molecule has 7 aromatic carbocycles. The summed E-state index contributed by atoms with van der Waals surface area (Å²) in [7, 11) is 0. The van der Waals surface area contributed by atoms with Crippen molar-refractivity contribution < 1.29 is 0 Å². The van der Waals surface area contributed by atoms with Gasteiger partial charge in [0.1, 0.15) is 0 Å². The van der Waals surface area contributed by atoms with Gasteiger partial charge in [-0.25, -0.2) is 0 Å². The van der Waals surface area contributed by atoms with E-state index in [-0.39, 0.29) is 5.41 Å². The number of rotatable bonds is 3. The Morgan fingerprint density at radius 2 is 1.00 bits per heavy atom. The summed E-state index contributed by atoms with van der Waals surface area (Å²) in [5, 5.41) is 4.11. The average molecular weight is 819 g/mol. The Morgan fingerprint density at radius 3 is 1.56 bits per heavy atom. The Balaban J connectivity index is 0.000000159. The molecule has 0 spiro atoms. The lowest BCUT2D eigenvalue weighted by Crippen LogP contribution is -2.15. The number of benzene rings is 7. The fourth-order valence-electron chi connectivity index (χ4n) is 8.20. The van der Waals surface area contributed by atoms with E-state index in [0.29, 0.717) is 0 Å². The maximum Gasteiger partial charge on any atom is 0.0355 e. The summed E-state index contributed by atoms with van der Waals surface area (Å²) in [6.07, 6.45) is 6.18. The van der Waals surface area contributed by atoms with Crippen molar-refractivity contribution in [3.05, 3.63) is 212 Å². The Bertz CT molecular complexity index is 2740. The Hall–Kier alpha value is -5.76. The Kier molecular flexibility index (Phi) is 15.7. The summed E-state index contributed by atoms with van der Waals surface area (Å²) in [6.45, 7) is 31.9. The summed E-state index contributed by atoms with van der Waals surface area (Å²) in [5.74, 6) is 0. The van der Waals surface area contributed by atoms with Gasteiger partial charge in [-0.2, -0.15) is 0 Å². The van der Waals surface area contributed by atoms with E-state index in [9.17, 15) is 0 Å². The first-order chi connectivity index (χ1) is 29.2. The second-order valence-electron chi connectivity index (χ2n) is 16.7. The van der Waals surface area contributed by atoms with Gasteiger partial charge in [0.2, 0.25) is 0 Å². The third-order valence-corrected chi connectivity index (χ3v) is 12.7. The number of hydrogen-bond acceptors (Lipinski definition) is 1. The lowest BCUT2D eigenvalue weighted by Gasteiger charge is -2.22. The summed E-state index contributed by atoms with van der Waals surface area (Å²) in [5.41, 5.74) is 20.6. The van der Waals surface area contributed by atoms with E-state index in [1.165, 1.54) is 109 Å². The molecule has 0 unspecified atom stereocenters. The molecule has 312 valence electrons. The van der Waals surface area contributed by atoms with Crippen molar-refractivity contribution in [3.8, 4) is 22.3 Å². The van der Waals surface area contributed by atoms with E-state index >= 15 is 0 Å². The highest BCUT2D eigenvalue weighted by Crippen LogP contribution is 2.52. The Labute approximate surface area is 372 Å². The van der Waals surface area contributed by atoms with Crippen molar-refractivity contribution in [3.63, 3.8) is 0 Å². The fourth-order valence-corrected chi connectivity index (χ4v) is 9.23. The van der Waals surface area contributed by atoms with Crippen LogP contribution < -0.4 is 0 Å². The molecule has 0 radical (unpaired) electrons. The minimum atomic E-state index is 0.0888. The van der Waals surface area contributed by atoms with Crippen LogP contribution in [0.15, 0.2) is 146 Å². The quantitative estimate of drug-likeness (QED) is 0.167. The van der Waals surface area contributed by atoms with Gasteiger partial charge in [0, 0.05) is 20.4 Å². The van der Waals surface area contributed by atoms with E-state index in [0.717, 1.165) is 0 Å². The first kappa shape index (κ1) is 46.3. The van der Waals surface area contributed by atoms with Gasteiger partial charge in [-0.15, -0.1) is 11.3 Å². The summed E-state index contributed by atoms with van der Waals surface area (Å²) >= 11 is 1.80. The van der Waals surface area contributed by atoms with Gasteiger partial charge in [0.05, 0.1) is 0 Å². The third-order valence-electron chi connectivity index (χ3n) is 11.5. The van der Waals surface area contributed by atoms with Crippen molar-refractivity contribution >= 4 is 44.3 Å². The lowest BCUT2D eigenvalue weighted by molar-refractivity contribution is 0.659. The van der Waals surface area contributed by atoms with Crippen LogP contribution in [0.5, 0.6) is 0 Å². The van der Waals surface area contributed by atoms with Gasteiger partial charge in [-0.05, 0) is 141 Å². The van der Waals surface area contributed by atoms with Crippen molar-refractivity contribution in [1.82, 2.24) is 0 Å². The summed E-state index contributed by atoms with van der Waals surface area (Å²) < 4.78 is 1.34. The topological polar surface area (TPSA) is 0 Å². The van der Waals surface area contributed by atoms with E-state index in [4.69, 9.17) is 0 Å². The highest BCUT2D eigenvalue weighted by Gasteiger charge is 2.36. The smallest absolute Gasteiger partial charge is 0.0355 e. The summed E-state index contributed by atoms with van der Waals surface area (Å²) in [6, 6.07) is 48.2. The average Bonchev–Trinajstić information content (AvgIpc) is 3.71. The molecule has 1 aliphatic carbocycles. The SMILES string of the molecule is C=Cc1sc2ccc(C)cc2c1/C=C\C.CC.Cc1ccc(C)c(-c2cc(C)ccc2C)c1.Cc1ccc2c(c1)C(C)(C)c1cc(C)c3ccccc3c1-2.Cc1ccccc1. The van der Waals surface area contributed by atoms with Gasteiger partial charge in [0.15, 0.2) is 0 Å². The molecule has 1 aromatic heterocycles. The van der Waals surface area contributed by atoms with Crippen molar-refractivity contribution in [2.24, 2.45) is 0 Å². The Morgan fingerprint density at radius 1 is 0.475 bits per heavy atom. The van der Waals surface area contributed by atoms with Crippen molar-refractivity contribution in [2.45, 2.75) is 95.4 Å². The summed E-state index contributed by atoms with van der Waals surface area (Å²) in [4.78, 5) is 1.26. The number of thiophene rings is 1. The molecule has 0 fully saturated rings. The molecule has 0 aliphatic heterocycles. The molecule has 1 aliphatic rings. The van der Waals surface area contributed by atoms with Crippen LogP contribution in [0.4, 0.5) is 0 Å². The number of allylic oxidation sites excluding steroid dienone is 1. The minimum Gasteiger partial charge on any atom is -0.135 e. The van der Waals surface area contributed by atoms with E-state index < -0.39 is 0 Å². The molecule has 61 heavy (non-hydrogen) atoms. The monoisotopic (exact) mass is 818 g/mol. The second kappa shape index (κ2) is 20.7. The molecular formula is C60H66S. The van der Waals surface area contributed by atoms with Gasteiger partial charge in [-0.3, -0.25) is 0 Å². The highest BCUT2D eigenvalue weighted by atomic mass is 32.1. The standard InChI is InChI=1S/C21H20.C16H18.C14H14S.C7H8.C2H6/c1-13-9-10-17-18(11-13)21(3,4)19-12-14(2)15-7-5-6-8-16(15)20(17)19;1-11-5-7-13(3)15(9-11)16-10-12(2)6-8-14(16)4;1-4-6-11-12-9-10(3)7-8-14(12)15-13(11)5-2;1-7-5-3-2-4-6-7;1-2/h5-12H,1-4H3;5-10H,1-4H3;4-9H,2H2,1,3H3;2-6H,1H3;1-2H3/b;;6-4-;;. The predicted molar refractivity (Wildman–Crippen MR) is 276 cm³/mol. The normalized spacial score (nSPS) is 11.8. The molecule has 0 amide bonds. The van der Waals surface area contributed by atoms with Crippen LogP contribution in [0.2, 0.25) is 0 Å². The maximum atomic E-state index is 3.87. The molecule has 0 N–H and O–H groups in total. The molecule has 9 rings (SSSR count). The van der Waals surface area contributed by atoms with Gasteiger partial charge in [0.25, 0.3) is 0 Å². The molecule has 0 nitrogen and oxygen atoms in total. The molecule has 1 heteroatoms. The number of aryl methyl sites for hydroxylation is 8. The van der Waals surface area contributed by atoms with Crippen LogP contribution in [0.3, 0.4) is 0 Å². The van der Waals surface area contributed by atoms with Crippen LogP contribution in [-0.2, 0) is 5.41 Å². The van der Waals surface area contributed by atoms with Crippen LogP contribution >= 0.6 is 11.3 Å². The highest BCUT2D eigenvalue weighted by molar-refractivity contribution is 7.20. The van der Waals surface area contributed by atoms with Crippen LogP contribution in [0.25, 0.3) is 55.3 Å². The predicted octanol–water partition coefficient (Wildman–Crippen LogP) is 18.3. The second-order valence-corrected chi connectivity index (χ2v) is 17.8. The van der Waals surface area contributed by atoms with Crippen molar-refractivity contribution in [2.75, 3.05) is 0 Å². The van der Waals surface area contributed by atoms with Crippen molar-refractivity contribution in [1.29, 1.82) is 0 Å². The molecule has 1 heterocycles. The largest absolute Gasteiger partial charge is 0.135 e. The molecule has 0 saturated carbocycles. The van der Waals surface area contributed by atoms with Crippen LogP contribution in [-0.4, -0.2) is 0 Å². The van der Waals surface area contributed by atoms with Gasteiger partial charge in [-0.1, -0.05) is 202 Å². The van der Waals surface area contributed by atoms with Gasteiger partial charge >= 0.3 is 0 Å². The molecule has 0 atom stereocenters. The first-order valence-electron chi connectivity index (χ1n) is 21.8. The zero-order valence-electron chi connectivity index (χ0n) is 39.0. The lowest BCUT2D eigenvalue weighted by atomic mass is 9.81. The van der Waals surface area contributed by atoms with E-state index in [1.54, 1.807) is 11.3 Å². The van der Waals surface area contributed by atoms with E-state index in [1.807, 2.05) is 45.0 Å². The zero-order chi connectivity index (χ0) is 44.4. The minimum absolute atomic E-state index is 0.0888. The molecule has 0 saturated heterocycles. The molecule has 0 bridgehead atoms. The number of fused-ring (bicyclic) bond motifs is 6. The van der Waals surface area contributed by atoms with E-state index in [2.05, 4.69) is 203 Å². The first-order valence-corrected chi connectivity index (χ1v) is 22.6. The third kappa shape index (κ3) is 10.6. The van der Waals surface area contributed by atoms with Gasteiger partial charge < -0.3 is 0 Å². The molecular weight excluding hydrogens is 753 g/mol. The molecule has 8 aromatic rings. The fraction of sp³-hybridized carbons (Fsp3) is 0.233. The van der Waals surface area contributed by atoms with Crippen LogP contribution in [0, 0.1) is 55.4 Å². The van der Waals surface area contributed by atoms with Crippen LogP contribution in [0.1, 0.15) is 101 Å².